The van der Waals surface area contributed by atoms with Crippen LogP contribution in [0, 0.1) is 0 Å². The zero-order valence-electron chi connectivity index (χ0n) is 13.9. The van der Waals surface area contributed by atoms with Gasteiger partial charge >= 0.3 is 0 Å². The average molecular weight is 339 g/mol. The van der Waals surface area contributed by atoms with Gasteiger partial charge in [0.1, 0.15) is 11.5 Å². The maximum absolute atomic E-state index is 12.1. The van der Waals surface area contributed by atoms with Crippen LogP contribution in [-0.2, 0) is 10.2 Å². The van der Waals surface area contributed by atoms with Gasteiger partial charge in [-0.1, -0.05) is 56.6 Å². The number of amides is 1. The van der Waals surface area contributed by atoms with E-state index in [1.165, 1.54) is 5.56 Å². The Hall–Kier alpha value is -2.39. The van der Waals surface area contributed by atoms with E-state index in [0.717, 1.165) is 11.1 Å². The number of benzene rings is 2. The highest BCUT2D eigenvalue weighted by Crippen LogP contribution is 2.23. The van der Waals surface area contributed by atoms with Crippen molar-refractivity contribution in [3.63, 3.8) is 0 Å². The molecule has 24 heavy (non-hydrogen) atoms. The van der Waals surface area contributed by atoms with Crippen LogP contribution in [0.5, 0.6) is 0 Å². The maximum atomic E-state index is 12.1. The number of rotatable bonds is 2. The van der Waals surface area contributed by atoms with Crippen LogP contribution < -0.4 is 5.32 Å². The second-order valence-electron chi connectivity index (χ2n) is 6.82. The molecule has 3 nitrogen and oxygen atoms in total. The highest BCUT2D eigenvalue weighted by molar-refractivity contribution is 6.30. The van der Waals surface area contributed by atoms with E-state index in [1.54, 1.807) is 18.2 Å². The standard InChI is InChI=1S/C20H19ClN2O/c1-20(2,3)15-8-4-13(5-9-15)12-17-19(24)23-18(22-17)14-6-10-16(21)11-7-14/h4-12H,1-3H3,(H,22,23,24)/b17-12+. The molecule has 0 spiro atoms. The van der Waals surface area contributed by atoms with Crippen molar-refractivity contribution in [1.82, 2.24) is 5.32 Å². The highest BCUT2D eigenvalue weighted by atomic mass is 35.5. The number of amidine groups is 1. The van der Waals surface area contributed by atoms with Gasteiger partial charge in [0.25, 0.3) is 5.91 Å². The normalized spacial score (nSPS) is 16.2. The van der Waals surface area contributed by atoms with Crippen LogP contribution in [0.25, 0.3) is 6.08 Å². The van der Waals surface area contributed by atoms with Gasteiger partial charge in [0.15, 0.2) is 0 Å². The van der Waals surface area contributed by atoms with Crippen molar-refractivity contribution in [2.45, 2.75) is 26.2 Å². The van der Waals surface area contributed by atoms with Crippen LogP contribution in [0.3, 0.4) is 0 Å². The van der Waals surface area contributed by atoms with E-state index in [1.807, 2.05) is 24.3 Å². The van der Waals surface area contributed by atoms with E-state index in [-0.39, 0.29) is 11.3 Å². The van der Waals surface area contributed by atoms with Gasteiger partial charge in [-0.25, -0.2) is 4.99 Å². The van der Waals surface area contributed by atoms with E-state index in [0.29, 0.717) is 16.6 Å². The fraction of sp³-hybridized carbons (Fsp3) is 0.200. The van der Waals surface area contributed by atoms with E-state index in [4.69, 9.17) is 11.6 Å². The van der Waals surface area contributed by atoms with Crippen LogP contribution in [-0.4, -0.2) is 11.7 Å². The molecule has 2 aromatic carbocycles. The quantitative estimate of drug-likeness (QED) is 0.801. The summed E-state index contributed by atoms with van der Waals surface area (Å²) < 4.78 is 0. The fourth-order valence-corrected chi connectivity index (χ4v) is 2.58. The first kappa shape index (κ1) is 16.5. The molecule has 1 amide bonds. The lowest BCUT2D eigenvalue weighted by Gasteiger charge is -2.18. The number of hydrogen-bond acceptors (Lipinski definition) is 2. The van der Waals surface area contributed by atoms with Crippen LogP contribution in [0.4, 0.5) is 0 Å². The lowest BCUT2D eigenvalue weighted by molar-refractivity contribution is -0.115. The van der Waals surface area contributed by atoms with E-state index >= 15 is 0 Å². The smallest absolute Gasteiger partial charge is 0.275 e. The number of carbonyl (C=O) groups is 1. The molecule has 0 aromatic heterocycles. The molecule has 0 bridgehead atoms. The molecular weight excluding hydrogens is 320 g/mol. The Bertz CT molecular complexity index is 825. The summed E-state index contributed by atoms with van der Waals surface area (Å²) in [7, 11) is 0. The first-order valence-corrected chi connectivity index (χ1v) is 8.19. The van der Waals surface area contributed by atoms with Crippen molar-refractivity contribution in [2.24, 2.45) is 4.99 Å². The van der Waals surface area contributed by atoms with E-state index in [9.17, 15) is 4.79 Å². The Kier molecular flexibility index (Phi) is 4.29. The molecule has 0 fully saturated rings. The molecule has 1 aliphatic rings. The largest absolute Gasteiger partial charge is 0.305 e. The van der Waals surface area contributed by atoms with Crippen molar-refractivity contribution in [3.05, 3.63) is 75.9 Å². The average Bonchev–Trinajstić information content (AvgIpc) is 2.89. The zero-order chi connectivity index (χ0) is 17.3. The molecule has 0 saturated heterocycles. The summed E-state index contributed by atoms with van der Waals surface area (Å²) in [6.45, 7) is 6.52. The molecule has 122 valence electrons. The molecule has 1 aliphatic heterocycles. The monoisotopic (exact) mass is 338 g/mol. The fourth-order valence-electron chi connectivity index (χ4n) is 2.45. The number of aliphatic imine (C=N–C) groups is 1. The molecule has 0 radical (unpaired) electrons. The zero-order valence-corrected chi connectivity index (χ0v) is 14.7. The van der Waals surface area contributed by atoms with Gasteiger partial charge in [-0.05, 0) is 46.9 Å². The molecule has 1 heterocycles. The van der Waals surface area contributed by atoms with Crippen molar-refractivity contribution < 1.29 is 4.79 Å². The minimum absolute atomic E-state index is 0.107. The van der Waals surface area contributed by atoms with Gasteiger partial charge < -0.3 is 5.32 Å². The Labute approximate surface area is 147 Å². The Morgan fingerprint density at radius 2 is 1.62 bits per heavy atom. The third-order valence-electron chi connectivity index (χ3n) is 3.89. The van der Waals surface area contributed by atoms with Crippen molar-refractivity contribution in [3.8, 4) is 0 Å². The SMILES string of the molecule is CC(C)(C)c1ccc(/C=C2/N=C(c3ccc(Cl)cc3)NC2=O)cc1. The first-order valence-electron chi connectivity index (χ1n) is 7.81. The van der Waals surface area contributed by atoms with Gasteiger partial charge in [0.2, 0.25) is 0 Å². The molecule has 0 aliphatic carbocycles. The third-order valence-corrected chi connectivity index (χ3v) is 4.15. The summed E-state index contributed by atoms with van der Waals surface area (Å²) in [6.07, 6.45) is 1.80. The van der Waals surface area contributed by atoms with Crippen molar-refractivity contribution >= 4 is 29.4 Å². The minimum atomic E-state index is -0.195. The molecule has 0 saturated carbocycles. The summed E-state index contributed by atoms with van der Waals surface area (Å²) >= 11 is 5.89. The molecule has 0 atom stereocenters. The highest BCUT2D eigenvalue weighted by Gasteiger charge is 2.21. The second kappa shape index (κ2) is 6.25. The van der Waals surface area contributed by atoms with E-state index in [2.05, 4.69) is 43.2 Å². The summed E-state index contributed by atoms with van der Waals surface area (Å²) in [6, 6.07) is 15.4. The van der Waals surface area contributed by atoms with Crippen LogP contribution >= 0.6 is 11.6 Å². The number of hydrogen-bond donors (Lipinski definition) is 1. The number of nitrogens with zero attached hydrogens (tertiary/aromatic N) is 1. The van der Waals surface area contributed by atoms with Gasteiger partial charge in [-0.3, -0.25) is 4.79 Å². The Morgan fingerprint density at radius 1 is 1.00 bits per heavy atom. The van der Waals surface area contributed by atoms with Crippen LogP contribution in [0.2, 0.25) is 5.02 Å². The second-order valence-corrected chi connectivity index (χ2v) is 7.26. The number of carbonyl (C=O) groups excluding carboxylic acids is 1. The number of nitrogens with one attached hydrogen (secondary N) is 1. The topological polar surface area (TPSA) is 41.5 Å². The predicted molar refractivity (Wildman–Crippen MR) is 99.3 cm³/mol. The van der Waals surface area contributed by atoms with Crippen LogP contribution in [0.15, 0.2) is 59.2 Å². The van der Waals surface area contributed by atoms with Gasteiger partial charge in [-0.15, -0.1) is 0 Å². The van der Waals surface area contributed by atoms with Crippen molar-refractivity contribution in [2.75, 3.05) is 0 Å². The molecule has 4 heteroatoms. The molecule has 3 rings (SSSR count). The first-order chi connectivity index (χ1) is 11.3. The lowest BCUT2D eigenvalue weighted by Crippen LogP contribution is -2.24. The van der Waals surface area contributed by atoms with Crippen LogP contribution in [0.1, 0.15) is 37.5 Å². The summed E-state index contributed by atoms with van der Waals surface area (Å²) in [4.78, 5) is 16.5. The Balaban J connectivity index is 1.87. The molecular formula is C20H19ClN2O. The molecule has 1 N–H and O–H groups in total. The minimum Gasteiger partial charge on any atom is -0.305 e. The summed E-state index contributed by atoms with van der Waals surface area (Å²) in [5, 5.41) is 3.45. The van der Waals surface area contributed by atoms with E-state index < -0.39 is 0 Å². The summed E-state index contributed by atoms with van der Waals surface area (Å²) in [5.41, 5.74) is 3.55. The summed E-state index contributed by atoms with van der Waals surface area (Å²) in [5.74, 6) is 0.356. The lowest BCUT2D eigenvalue weighted by atomic mass is 9.87. The maximum Gasteiger partial charge on any atom is 0.275 e. The third kappa shape index (κ3) is 3.57. The predicted octanol–water partition coefficient (Wildman–Crippen LogP) is 4.56. The molecule has 2 aromatic rings. The van der Waals surface area contributed by atoms with Gasteiger partial charge in [-0.2, -0.15) is 0 Å². The van der Waals surface area contributed by atoms with Crippen molar-refractivity contribution in [1.29, 1.82) is 0 Å². The van der Waals surface area contributed by atoms with Gasteiger partial charge in [0.05, 0.1) is 0 Å². The van der Waals surface area contributed by atoms with Gasteiger partial charge in [0, 0.05) is 10.6 Å². The molecule has 0 unspecified atom stereocenters. The Morgan fingerprint density at radius 3 is 2.21 bits per heavy atom. The number of halogens is 1.